The van der Waals surface area contributed by atoms with E-state index < -0.39 is 6.10 Å². The molecule has 1 atom stereocenters. The summed E-state index contributed by atoms with van der Waals surface area (Å²) < 4.78 is 3.65. The third-order valence-corrected chi connectivity index (χ3v) is 2.43. The largest absolute Gasteiger partial charge is 0.382 e. The van der Waals surface area contributed by atoms with Gasteiger partial charge in [-0.05, 0) is 6.42 Å². The predicted molar refractivity (Wildman–Crippen MR) is 59.8 cm³/mol. The molecule has 5 heteroatoms. The van der Waals surface area contributed by atoms with Gasteiger partial charge in [-0.3, -0.25) is 4.68 Å². The fraction of sp³-hybridized carbons (Fsp3) is 0.455. The molecule has 0 aliphatic carbocycles. The molecule has 86 valence electrons. The molecule has 2 aromatic rings. The van der Waals surface area contributed by atoms with Gasteiger partial charge < -0.3 is 9.67 Å². The summed E-state index contributed by atoms with van der Waals surface area (Å²) in [4.78, 5) is 4.12. The number of aliphatic hydroxyl groups excluding tert-OH is 1. The maximum atomic E-state index is 10.1. The molecular weight excluding hydrogens is 204 g/mol. The summed E-state index contributed by atoms with van der Waals surface area (Å²) >= 11 is 0. The van der Waals surface area contributed by atoms with Crippen LogP contribution in [0.15, 0.2) is 24.9 Å². The quantitative estimate of drug-likeness (QED) is 0.839. The van der Waals surface area contributed by atoms with Crippen molar-refractivity contribution in [1.82, 2.24) is 19.3 Å². The van der Waals surface area contributed by atoms with Gasteiger partial charge in [0.1, 0.15) is 6.10 Å². The van der Waals surface area contributed by atoms with Crippen LogP contribution in [0.1, 0.15) is 30.7 Å². The molecule has 2 aromatic heterocycles. The van der Waals surface area contributed by atoms with Gasteiger partial charge in [0, 0.05) is 31.5 Å². The maximum absolute atomic E-state index is 10.1. The zero-order valence-corrected chi connectivity index (χ0v) is 9.54. The summed E-state index contributed by atoms with van der Waals surface area (Å²) in [5.41, 5.74) is 1.44. The third-order valence-electron chi connectivity index (χ3n) is 2.43. The summed E-state index contributed by atoms with van der Waals surface area (Å²) in [6.07, 6.45) is 7.38. The lowest BCUT2D eigenvalue weighted by molar-refractivity contribution is 0.215. The van der Waals surface area contributed by atoms with Crippen LogP contribution >= 0.6 is 0 Å². The Kier molecular flexibility index (Phi) is 3.05. The Bertz CT molecular complexity index is 460. The van der Waals surface area contributed by atoms with Crippen LogP contribution in [-0.2, 0) is 13.6 Å². The first-order valence-corrected chi connectivity index (χ1v) is 5.39. The zero-order chi connectivity index (χ0) is 11.5. The van der Waals surface area contributed by atoms with Crippen LogP contribution in [0.5, 0.6) is 0 Å². The number of nitrogens with zero attached hydrogens (tertiary/aromatic N) is 4. The Morgan fingerprint density at radius 3 is 2.88 bits per heavy atom. The van der Waals surface area contributed by atoms with Crippen molar-refractivity contribution >= 4 is 0 Å². The Morgan fingerprint density at radius 2 is 2.25 bits per heavy atom. The predicted octanol–water partition coefficient (Wildman–Crippen LogP) is 1.11. The van der Waals surface area contributed by atoms with E-state index in [9.17, 15) is 5.11 Å². The first-order valence-electron chi connectivity index (χ1n) is 5.39. The van der Waals surface area contributed by atoms with Gasteiger partial charge in [-0.25, -0.2) is 4.98 Å². The molecule has 0 aromatic carbocycles. The summed E-state index contributed by atoms with van der Waals surface area (Å²) in [6.45, 7) is 2.96. The molecule has 1 unspecified atom stereocenters. The van der Waals surface area contributed by atoms with Gasteiger partial charge >= 0.3 is 0 Å². The lowest BCUT2D eigenvalue weighted by Gasteiger charge is -2.03. The van der Waals surface area contributed by atoms with Gasteiger partial charge in [0.2, 0.25) is 0 Å². The van der Waals surface area contributed by atoms with Crippen molar-refractivity contribution in [2.45, 2.75) is 26.0 Å². The number of aliphatic hydroxyl groups is 1. The van der Waals surface area contributed by atoms with E-state index in [1.165, 1.54) is 0 Å². The van der Waals surface area contributed by atoms with Crippen LogP contribution in [0.3, 0.4) is 0 Å². The molecule has 0 saturated carbocycles. The molecule has 0 aliphatic heterocycles. The molecule has 2 heterocycles. The highest BCUT2D eigenvalue weighted by Crippen LogP contribution is 2.19. The van der Waals surface area contributed by atoms with Crippen LogP contribution in [0, 0.1) is 0 Å². The number of rotatable bonds is 4. The number of hydrogen-bond donors (Lipinski definition) is 1. The second-order valence-electron chi connectivity index (χ2n) is 3.90. The summed E-state index contributed by atoms with van der Waals surface area (Å²) in [7, 11) is 1.88. The number of hydrogen-bond acceptors (Lipinski definition) is 3. The molecular formula is C11H16N4O. The molecule has 0 spiro atoms. The summed E-state index contributed by atoms with van der Waals surface area (Å²) in [5, 5.41) is 14.2. The summed E-state index contributed by atoms with van der Waals surface area (Å²) in [6, 6.07) is 0. The van der Waals surface area contributed by atoms with Crippen LogP contribution in [0.2, 0.25) is 0 Å². The van der Waals surface area contributed by atoms with Crippen molar-refractivity contribution in [1.29, 1.82) is 0 Å². The van der Waals surface area contributed by atoms with Crippen molar-refractivity contribution in [3.63, 3.8) is 0 Å². The molecule has 0 radical (unpaired) electrons. The average molecular weight is 220 g/mol. The Labute approximate surface area is 94.4 Å². The Balaban J connectivity index is 2.17. The second-order valence-corrected chi connectivity index (χ2v) is 3.90. The van der Waals surface area contributed by atoms with Crippen molar-refractivity contribution < 1.29 is 5.11 Å². The van der Waals surface area contributed by atoms with Gasteiger partial charge in [0.05, 0.1) is 18.2 Å². The first-order chi connectivity index (χ1) is 7.70. The highest BCUT2D eigenvalue weighted by atomic mass is 16.3. The normalized spacial score (nSPS) is 12.9. The standard InChI is InChI=1S/C11H16N4O/c1-3-4-15-6-9(5-13-15)11(16)10-7-14(2)8-12-10/h5-8,11,16H,3-4H2,1-2H3. The molecule has 0 saturated heterocycles. The van der Waals surface area contributed by atoms with Crippen molar-refractivity contribution in [3.8, 4) is 0 Å². The minimum Gasteiger partial charge on any atom is -0.382 e. The van der Waals surface area contributed by atoms with Crippen LogP contribution < -0.4 is 0 Å². The third kappa shape index (κ3) is 2.14. The second kappa shape index (κ2) is 4.49. The van der Waals surface area contributed by atoms with Crippen molar-refractivity contribution in [3.05, 3.63) is 36.2 Å². The number of imidazole rings is 1. The maximum Gasteiger partial charge on any atom is 0.126 e. The molecule has 0 amide bonds. The molecule has 16 heavy (non-hydrogen) atoms. The van der Waals surface area contributed by atoms with Gasteiger partial charge in [0.15, 0.2) is 0 Å². The summed E-state index contributed by atoms with van der Waals surface area (Å²) in [5.74, 6) is 0. The van der Waals surface area contributed by atoms with E-state index >= 15 is 0 Å². The Morgan fingerprint density at radius 1 is 1.44 bits per heavy atom. The highest BCUT2D eigenvalue weighted by molar-refractivity contribution is 5.19. The van der Waals surface area contributed by atoms with Gasteiger partial charge in [0.25, 0.3) is 0 Å². The minimum absolute atomic E-state index is 0.651. The van der Waals surface area contributed by atoms with Gasteiger partial charge in [-0.2, -0.15) is 5.10 Å². The van der Waals surface area contributed by atoms with Crippen LogP contribution in [0.25, 0.3) is 0 Å². The lowest BCUT2D eigenvalue weighted by atomic mass is 10.1. The van der Waals surface area contributed by atoms with E-state index in [2.05, 4.69) is 17.0 Å². The molecule has 1 N–H and O–H groups in total. The number of aromatic nitrogens is 4. The van der Waals surface area contributed by atoms with Crippen molar-refractivity contribution in [2.75, 3.05) is 0 Å². The van der Waals surface area contributed by atoms with Gasteiger partial charge in [-0.1, -0.05) is 6.92 Å². The van der Waals surface area contributed by atoms with E-state index in [1.807, 2.05) is 28.7 Å². The topological polar surface area (TPSA) is 55.9 Å². The van der Waals surface area contributed by atoms with Crippen LogP contribution in [0.4, 0.5) is 0 Å². The van der Waals surface area contributed by atoms with E-state index in [0.717, 1.165) is 18.5 Å². The number of aryl methyl sites for hydroxylation is 2. The monoisotopic (exact) mass is 220 g/mol. The highest BCUT2D eigenvalue weighted by Gasteiger charge is 2.14. The minimum atomic E-state index is -0.688. The van der Waals surface area contributed by atoms with Crippen molar-refractivity contribution in [2.24, 2.45) is 7.05 Å². The molecule has 5 nitrogen and oxygen atoms in total. The average Bonchev–Trinajstić information content (AvgIpc) is 2.87. The smallest absolute Gasteiger partial charge is 0.126 e. The van der Waals surface area contributed by atoms with Gasteiger partial charge in [-0.15, -0.1) is 0 Å². The molecule has 2 rings (SSSR count). The lowest BCUT2D eigenvalue weighted by Crippen LogP contribution is -1.99. The van der Waals surface area contributed by atoms with E-state index in [1.54, 1.807) is 12.5 Å². The SMILES string of the molecule is CCCn1cc(C(O)c2cn(C)cn2)cn1. The van der Waals surface area contributed by atoms with E-state index in [0.29, 0.717) is 5.69 Å². The molecule has 0 fully saturated rings. The fourth-order valence-electron chi connectivity index (χ4n) is 1.62. The Hall–Kier alpha value is -1.62. The van der Waals surface area contributed by atoms with Crippen LogP contribution in [-0.4, -0.2) is 24.4 Å². The molecule has 0 bridgehead atoms. The zero-order valence-electron chi connectivity index (χ0n) is 9.54. The van der Waals surface area contributed by atoms with E-state index in [-0.39, 0.29) is 0 Å². The first kappa shape index (κ1) is 10.9. The van der Waals surface area contributed by atoms with E-state index in [4.69, 9.17) is 0 Å². The fourth-order valence-corrected chi connectivity index (χ4v) is 1.62. The molecule has 0 aliphatic rings.